The van der Waals surface area contributed by atoms with Crippen molar-refractivity contribution in [3.05, 3.63) is 35.4 Å². The molecule has 3 nitrogen and oxygen atoms in total. The van der Waals surface area contributed by atoms with Crippen LogP contribution in [0.3, 0.4) is 0 Å². The Labute approximate surface area is 104 Å². The highest BCUT2D eigenvalue weighted by atomic mass is 32.2. The topological polar surface area (TPSA) is 51.2 Å². The summed E-state index contributed by atoms with van der Waals surface area (Å²) in [5.74, 6) is -2.54. The Morgan fingerprint density at radius 3 is 2.56 bits per heavy atom. The van der Waals surface area contributed by atoms with Crippen LogP contribution in [0.4, 0.5) is 8.78 Å². The van der Waals surface area contributed by atoms with Gasteiger partial charge in [0, 0.05) is 12.0 Å². The molecule has 0 N–H and O–H groups in total. The van der Waals surface area contributed by atoms with Gasteiger partial charge in [-0.05, 0) is 30.5 Å². The number of ketones is 1. The Balaban J connectivity index is 2.06. The van der Waals surface area contributed by atoms with Gasteiger partial charge in [-0.1, -0.05) is 0 Å². The third-order valence-corrected chi connectivity index (χ3v) is 4.88. The van der Waals surface area contributed by atoms with Crippen molar-refractivity contribution in [1.82, 2.24) is 0 Å². The van der Waals surface area contributed by atoms with Gasteiger partial charge in [0.15, 0.2) is 27.3 Å². The molecule has 2 rings (SSSR count). The first-order valence-corrected chi connectivity index (χ1v) is 7.38. The molecule has 0 spiro atoms. The predicted octanol–water partition coefficient (Wildman–Crippen LogP) is 1.97. The molecule has 1 fully saturated rings. The summed E-state index contributed by atoms with van der Waals surface area (Å²) in [6, 6.07) is 2.96. The van der Waals surface area contributed by atoms with E-state index in [0.29, 0.717) is 6.42 Å². The van der Waals surface area contributed by atoms with Crippen LogP contribution >= 0.6 is 0 Å². The Kier molecular flexibility index (Phi) is 3.47. The van der Waals surface area contributed by atoms with Crippen LogP contribution in [0.15, 0.2) is 18.2 Å². The van der Waals surface area contributed by atoms with Crippen LogP contribution in [0.1, 0.15) is 23.2 Å². The maximum absolute atomic E-state index is 13.0. The van der Waals surface area contributed by atoms with E-state index in [1.807, 2.05) is 0 Å². The fraction of sp³-hybridized carbons (Fsp3) is 0.417. The van der Waals surface area contributed by atoms with Gasteiger partial charge in [0.25, 0.3) is 0 Å². The first kappa shape index (κ1) is 13.1. The van der Waals surface area contributed by atoms with Crippen molar-refractivity contribution in [1.29, 1.82) is 0 Å². The Hall–Kier alpha value is -1.30. The summed E-state index contributed by atoms with van der Waals surface area (Å²) >= 11 is 0. The SMILES string of the molecule is O=C(CC1CCS(=O)(=O)C1)c1ccc(F)c(F)c1. The van der Waals surface area contributed by atoms with Gasteiger partial charge in [0.2, 0.25) is 0 Å². The minimum absolute atomic E-state index is 0.00240. The van der Waals surface area contributed by atoms with Gasteiger partial charge in [0.1, 0.15) is 0 Å². The number of sulfone groups is 1. The van der Waals surface area contributed by atoms with Crippen molar-refractivity contribution in [3.63, 3.8) is 0 Å². The van der Waals surface area contributed by atoms with Crippen LogP contribution in [-0.4, -0.2) is 25.7 Å². The Morgan fingerprint density at radius 2 is 2.00 bits per heavy atom. The second-order valence-electron chi connectivity index (χ2n) is 4.53. The van der Waals surface area contributed by atoms with Crippen molar-refractivity contribution in [2.45, 2.75) is 12.8 Å². The molecule has 1 aliphatic rings. The number of carbonyl (C=O) groups is 1. The molecular formula is C12H12F2O3S. The van der Waals surface area contributed by atoms with Crippen LogP contribution in [-0.2, 0) is 9.84 Å². The van der Waals surface area contributed by atoms with Gasteiger partial charge in [-0.25, -0.2) is 17.2 Å². The standard InChI is InChI=1S/C12H12F2O3S/c13-10-2-1-9(6-11(10)14)12(15)5-8-3-4-18(16,17)7-8/h1-2,6,8H,3-5,7H2. The van der Waals surface area contributed by atoms with E-state index >= 15 is 0 Å². The molecule has 0 saturated carbocycles. The van der Waals surface area contributed by atoms with Gasteiger partial charge in [-0.15, -0.1) is 0 Å². The van der Waals surface area contributed by atoms with Crippen molar-refractivity contribution in [2.75, 3.05) is 11.5 Å². The maximum atomic E-state index is 13.0. The first-order chi connectivity index (χ1) is 8.37. The smallest absolute Gasteiger partial charge is 0.163 e. The van der Waals surface area contributed by atoms with Crippen LogP contribution in [0.5, 0.6) is 0 Å². The monoisotopic (exact) mass is 274 g/mol. The van der Waals surface area contributed by atoms with E-state index in [1.54, 1.807) is 0 Å². The third-order valence-electron chi connectivity index (χ3n) is 3.04. The molecule has 1 unspecified atom stereocenters. The number of Topliss-reactive ketones (excluding diaryl/α,β-unsaturated/α-hetero) is 1. The summed E-state index contributed by atoms with van der Waals surface area (Å²) < 4.78 is 48.1. The quantitative estimate of drug-likeness (QED) is 0.792. The van der Waals surface area contributed by atoms with E-state index in [9.17, 15) is 22.0 Å². The number of hydrogen-bond donors (Lipinski definition) is 0. The second-order valence-corrected chi connectivity index (χ2v) is 6.75. The van der Waals surface area contributed by atoms with E-state index in [4.69, 9.17) is 0 Å². The lowest BCUT2D eigenvalue weighted by Gasteiger charge is -2.06. The molecule has 0 bridgehead atoms. The van der Waals surface area contributed by atoms with Crippen LogP contribution in [0.2, 0.25) is 0 Å². The molecular weight excluding hydrogens is 262 g/mol. The number of benzene rings is 1. The molecule has 18 heavy (non-hydrogen) atoms. The van der Waals surface area contributed by atoms with Crippen molar-refractivity contribution in [2.24, 2.45) is 5.92 Å². The highest BCUT2D eigenvalue weighted by Gasteiger charge is 2.29. The maximum Gasteiger partial charge on any atom is 0.163 e. The van der Waals surface area contributed by atoms with Crippen molar-refractivity contribution < 1.29 is 22.0 Å². The molecule has 0 aromatic heterocycles. The minimum atomic E-state index is -3.02. The molecule has 1 atom stereocenters. The zero-order valence-corrected chi connectivity index (χ0v) is 10.3. The van der Waals surface area contributed by atoms with E-state index in [2.05, 4.69) is 0 Å². The van der Waals surface area contributed by atoms with Gasteiger partial charge >= 0.3 is 0 Å². The Morgan fingerprint density at radius 1 is 1.28 bits per heavy atom. The molecule has 1 saturated heterocycles. The molecule has 1 aromatic rings. The third kappa shape index (κ3) is 2.93. The average molecular weight is 274 g/mol. The molecule has 1 aromatic carbocycles. The van der Waals surface area contributed by atoms with Crippen molar-refractivity contribution in [3.8, 4) is 0 Å². The molecule has 6 heteroatoms. The highest BCUT2D eigenvalue weighted by Crippen LogP contribution is 2.23. The largest absolute Gasteiger partial charge is 0.294 e. The van der Waals surface area contributed by atoms with E-state index in [0.717, 1.165) is 12.1 Å². The van der Waals surface area contributed by atoms with Crippen LogP contribution < -0.4 is 0 Å². The molecule has 0 radical (unpaired) electrons. The van der Waals surface area contributed by atoms with Gasteiger partial charge in [-0.3, -0.25) is 4.79 Å². The lowest BCUT2D eigenvalue weighted by atomic mass is 9.98. The van der Waals surface area contributed by atoms with Gasteiger partial charge in [0.05, 0.1) is 11.5 Å². The molecule has 0 aliphatic carbocycles. The fourth-order valence-corrected chi connectivity index (χ4v) is 3.94. The zero-order chi connectivity index (χ0) is 13.3. The predicted molar refractivity (Wildman–Crippen MR) is 62.1 cm³/mol. The number of carbonyl (C=O) groups excluding carboxylic acids is 1. The van der Waals surface area contributed by atoms with Crippen molar-refractivity contribution >= 4 is 15.6 Å². The van der Waals surface area contributed by atoms with E-state index in [1.165, 1.54) is 6.07 Å². The zero-order valence-electron chi connectivity index (χ0n) is 9.53. The molecule has 1 aliphatic heterocycles. The fourth-order valence-electron chi connectivity index (χ4n) is 2.08. The summed E-state index contributed by atoms with van der Waals surface area (Å²) in [6.45, 7) is 0. The van der Waals surface area contributed by atoms with Gasteiger partial charge in [-0.2, -0.15) is 0 Å². The van der Waals surface area contributed by atoms with Crippen LogP contribution in [0.25, 0.3) is 0 Å². The normalized spacial score (nSPS) is 22.0. The average Bonchev–Trinajstić information content (AvgIpc) is 2.62. The summed E-state index contributed by atoms with van der Waals surface area (Å²) in [6.07, 6.45) is 0.516. The minimum Gasteiger partial charge on any atom is -0.294 e. The molecule has 1 heterocycles. The Bertz CT molecular complexity index is 581. The number of rotatable bonds is 3. The summed E-state index contributed by atoms with van der Waals surface area (Å²) in [5, 5.41) is 0. The number of hydrogen-bond acceptors (Lipinski definition) is 3. The number of halogens is 2. The summed E-state index contributed by atoms with van der Waals surface area (Å²) in [4.78, 5) is 11.8. The first-order valence-electron chi connectivity index (χ1n) is 5.56. The lowest BCUT2D eigenvalue weighted by Crippen LogP contribution is -2.11. The highest BCUT2D eigenvalue weighted by molar-refractivity contribution is 7.91. The van der Waals surface area contributed by atoms with E-state index < -0.39 is 21.5 Å². The van der Waals surface area contributed by atoms with Gasteiger partial charge < -0.3 is 0 Å². The van der Waals surface area contributed by atoms with E-state index in [-0.39, 0.29) is 35.2 Å². The van der Waals surface area contributed by atoms with Crippen LogP contribution in [0, 0.1) is 17.6 Å². The molecule has 0 amide bonds. The molecule has 98 valence electrons. The summed E-state index contributed by atoms with van der Waals surface area (Å²) in [5.41, 5.74) is 0.0817. The lowest BCUT2D eigenvalue weighted by molar-refractivity contribution is 0.0965. The summed E-state index contributed by atoms with van der Waals surface area (Å²) in [7, 11) is -3.02. The second kappa shape index (κ2) is 4.76.